The van der Waals surface area contributed by atoms with Crippen LogP contribution in [0.25, 0.3) is 0 Å². The van der Waals surface area contributed by atoms with Gasteiger partial charge in [-0.05, 0) is 36.8 Å². The largest absolute Gasteiger partial charge is 0.370 e. The molecule has 0 aromatic carbocycles. The predicted octanol–water partition coefficient (Wildman–Crippen LogP) is 2.35. The molecule has 2 unspecified atom stereocenters. The summed E-state index contributed by atoms with van der Waals surface area (Å²) in [7, 11) is 0. The molecule has 4 heteroatoms. The Kier molecular flexibility index (Phi) is 5.84. The van der Waals surface area contributed by atoms with Crippen LogP contribution in [0.4, 0.5) is 0 Å². The summed E-state index contributed by atoms with van der Waals surface area (Å²) in [5, 5.41) is 3.17. The fraction of sp³-hybridized carbons (Fsp3) is 0.625. The minimum Gasteiger partial charge on any atom is -0.370 e. The van der Waals surface area contributed by atoms with Gasteiger partial charge in [0, 0.05) is 31.4 Å². The summed E-state index contributed by atoms with van der Waals surface area (Å²) < 4.78 is 0. The van der Waals surface area contributed by atoms with Gasteiger partial charge in [0.25, 0.3) is 0 Å². The van der Waals surface area contributed by atoms with E-state index in [0.717, 1.165) is 37.0 Å². The summed E-state index contributed by atoms with van der Waals surface area (Å²) in [6.45, 7) is 3.99. The van der Waals surface area contributed by atoms with Gasteiger partial charge in [-0.3, -0.25) is 9.98 Å². The van der Waals surface area contributed by atoms with Gasteiger partial charge in [-0.1, -0.05) is 25.8 Å². The molecule has 0 aliphatic heterocycles. The molecule has 1 saturated carbocycles. The van der Waals surface area contributed by atoms with Gasteiger partial charge in [-0.25, -0.2) is 0 Å². The minimum absolute atomic E-state index is 0.569. The Hall–Kier alpha value is -1.58. The molecular formula is C16H26N4. The molecule has 3 N–H and O–H groups in total. The van der Waals surface area contributed by atoms with Gasteiger partial charge in [0.2, 0.25) is 0 Å². The van der Waals surface area contributed by atoms with Crippen LogP contribution in [0, 0.1) is 11.8 Å². The van der Waals surface area contributed by atoms with Gasteiger partial charge >= 0.3 is 0 Å². The fourth-order valence-electron chi connectivity index (χ4n) is 2.87. The summed E-state index contributed by atoms with van der Waals surface area (Å²) >= 11 is 0. The second-order valence-corrected chi connectivity index (χ2v) is 5.86. The average Bonchev–Trinajstić information content (AvgIpc) is 2.46. The zero-order valence-electron chi connectivity index (χ0n) is 12.4. The van der Waals surface area contributed by atoms with E-state index < -0.39 is 0 Å². The summed E-state index contributed by atoms with van der Waals surface area (Å²) in [6.07, 6.45) is 8.00. The predicted molar refractivity (Wildman–Crippen MR) is 83.6 cm³/mol. The zero-order valence-corrected chi connectivity index (χ0v) is 12.4. The smallest absolute Gasteiger partial charge is 0.188 e. The lowest BCUT2D eigenvalue weighted by molar-refractivity contribution is 0.289. The second-order valence-electron chi connectivity index (χ2n) is 5.86. The Bertz CT molecular complexity index is 416. The maximum Gasteiger partial charge on any atom is 0.188 e. The first-order valence-electron chi connectivity index (χ1n) is 7.67. The van der Waals surface area contributed by atoms with Gasteiger partial charge in [0.05, 0.1) is 0 Å². The molecule has 0 saturated heterocycles. The van der Waals surface area contributed by atoms with Crippen LogP contribution in [-0.4, -0.2) is 24.0 Å². The molecule has 4 nitrogen and oxygen atoms in total. The molecule has 0 amide bonds. The number of hydrogen-bond donors (Lipinski definition) is 2. The van der Waals surface area contributed by atoms with Crippen LogP contribution in [0.3, 0.4) is 0 Å². The SMILES string of the molecule is CC1CCCC(CN=C(N)NCCc2ccccn2)C1. The first kappa shape index (κ1) is 14.8. The Balaban J connectivity index is 1.66. The molecule has 2 atom stereocenters. The number of aliphatic imine (C=N–C) groups is 1. The third-order valence-corrected chi connectivity index (χ3v) is 3.98. The fourth-order valence-corrected chi connectivity index (χ4v) is 2.87. The molecule has 110 valence electrons. The highest BCUT2D eigenvalue weighted by Gasteiger charge is 2.18. The van der Waals surface area contributed by atoms with E-state index in [1.54, 1.807) is 0 Å². The molecule has 2 rings (SSSR count). The van der Waals surface area contributed by atoms with Crippen molar-refractivity contribution in [3.05, 3.63) is 30.1 Å². The summed E-state index contributed by atoms with van der Waals surface area (Å²) in [5.74, 6) is 2.14. The van der Waals surface area contributed by atoms with Crippen molar-refractivity contribution in [3.8, 4) is 0 Å². The lowest BCUT2D eigenvalue weighted by Crippen LogP contribution is -2.34. The van der Waals surface area contributed by atoms with Crippen LogP contribution in [0.1, 0.15) is 38.3 Å². The number of nitrogens with one attached hydrogen (secondary N) is 1. The van der Waals surface area contributed by atoms with E-state index >= 15 is 0 Å². The van der Waals surface area contributed by atoms with Crippen LogP contribution < -0.4 is 11.1 Å². The Morgan fingerprint density at radius 3 is 3.10 bits per heavy atom. The van der Waals surface area contributed by atoms with Gasteiger partial charge in [0.15, 0.2) is 5.96 Å². The van der Waals surface area contributed by atoms with E-state index in [4.69, 9.17) is 5.73 Å². The van der Waals surface area contributed by atoms with E-state index in [1.165, 1.54) is 25.7 Å². The number of hydrogen-bond acceptors (Lipinski definition) is 2. The number of aromatic nitrogens is 1. The van der Waals surface area contributed by atoms with E-state index in [-0.39, 0.29) is 0 Å². The standard InChI is InChI=1S/C16H26N4/c1-13-5-4-6-14(11-13)12-20-16(17)19-10-8-15-7-2-3-9-18-15/h2-3,7,9,13-14H,4-6,8,10-12H2,1H3,(H3,17,19,20). The number of rotatable bonds is 5. The summed E-state index contributed by atoms with van der Waals surface area (Å²) in [5.41, 5.74) is 6.99. The third kappa shape index (κ3) is 5.19. The van der Waals surface area contributed by atoms with Crippen LogP contribution >= 0.6 is 0 Å². The van der Waals surface area contributed by atoms with Crippen molar-refractivity contribution < 1.29 is 0 Å². The first-order chi connectivity index (χ1) is 9.74. The quantitative estimate of drug-likeness (QED) is 0.640. The number of pyridine rings is 1. The first-order valence-corrected chi connectivity index (χ1v) is 7.67. The molecule has 0 bridgehead atoms. The van der Waals surface area contributed by atoms with Crippen molar-refractivity contribution in [2.45, 2.75) is 39.0 Å². The number of guanidine groups is 1. The van der Waals surface area contributed by atoms with E-state index in [9.17, 15) is 0 Å². The van der Waals surface area contributed by atoms with Gasteiger partial charge in [-0.15, -0.1) is 0 Å². The van der Waals surface area contributed by atoms with Gasteiger partial charge < -0.3 is 11.1 Å². The van der Waals surface area contributed by atoms with Crippen molar-refractivity contribution in [2.24, 2.45) is 22.6 Å². The highest BCUT2D eigenvalue weighted by atomic mass is 15.1. The zero-order chi connectivity index (χ0) is 14.2. The van der Waals surface area contributed by atoms with E-state index in [2.05, 4.69) is 22.2 Å². The second kappa shape index (κ2) is 7.88. The van der Waals surface area contributed by atoms with Crippen LogP contribution in [-0.2, 0) is 6.42 Å². The van der Waals surface area contributed by atoms with E-state index in [0.29, 0.717) is 5.96 Å². The third-order valence-electron chi connectivity index (χ3n) is 3.98. The molecule has 0 radical (unpaired) electrons. The highest BCUT2D eigenvalue weighted by Crippen LogP contribution is 2.28. The van der Waals surface area contributed by atoms with Crippen LogP contribution in [0.2, 0.25) is 0 Å². The summed E-state index contributed by atoms with van der Waals surface area (Å²) in [4.78, 5) is 8.76. The molecule has 1 aromatic rings. The Labute approximate surface area is 121 Å². The van der Waals surface area contributed by atoms with Crippen molar-refractivity contribution in [3.63, 3.8) is 0 Å². The van der Waals surface area contributed by atoms with Crippen molar-refractivity contribution in [2.75, 3.05) is 13.1 Å². The van der Waals surface area contributed by atoms with Crippen LogP contribution in [0.5, 0.6) is 0 Å². The molecule has 1 aliphatic carbocycles. The van der Waals surface area contributed by atoms with Gasteiger partial charge in [-0.2, -0.15) is 0 Å². The monoisotopic (exact) mass is 274 g/mol. The Morgan fingerprint density at radius 2 is 2.35 bits per heavy atom. The normalized spacial score (nSPS) is 23.6. The maximum absolute atomic E-state index is 5.91. The molecular weight excluding hydrogens is 248 g/mol. The number of nitrogens with two attached hydrogens (primary N) is 1. The molecule has 20 heavy (non-hydrogen) atoms. The highest BCUT2D eigenvalue weighted by molar-refractivity contribution is 5.77. The molecule has 1 fully saturated rings. The number of nitrogens with zero attached hydrogens (tertiary/aromatic N) is 2. The minimum atomic E-state index is 0.569. The Morgan fingerprint density at radius 1 is 1.45 bits per heavy atom. The molecule has 1 heterocycles. The lowest BCUT2D eigenvalue weighted by atomic mass is 9.82. The van der Waals surface area contributed by atoms with E-state index in [1.807, 2.05) is 24.4 Å². The maximum atomic E-state index is 5.91. The molecule has 0 spiro atoms. The van der Waals surface area contributed by atoms with Crippen LogP contribution in [0.15, 0.2) is 29.4 Å². The van der Waals surface area contributed by atoms with Gasteiger partial charge in [0.1, 0.15) is 0 Å². The van der Waals surface area contributed by atoms with Crippen molar-refractivity contribution >= 4 is 5.96 Å². The summed E-state index contributed by atoms with van der Waals surface area (Å²) in [6, 6.07) is 5.96. The topological polar surface area (TPSA) is 63.3 Å². The van der Waals surface area contributed by atoms with Crippen molar-refractivity contribution in [1.82, 2.24) is 10.3 Å². The molecule has 1 aromatic heterocycles. The van der Waals surface area contributed by atoms with Crippen molar-refractivity contribution in [1.29, 1.82) is 0 Å². The molecule has 1 aliphatic rings. The lowest BCUT2D eigenvalue weighted by Gasteiger charge is -2.25. The average molecular weight is 274 g/mol.